The van der Waals surface area contributed by atoms with Crippen molar-refractivity contribution < 1.29 is 23.4 Å². The molecule has 0 spiro atoms. The number of carbonyl (C=O) groups excluding carboxylic acids is 1. The van der Waals surface area contributed by atoms with Crippen molar-refractivity contribution in [2.24, 2.45) is 4.99 Å². The van der Waals surface area contributed by atoms with Gasteiger partial charge in [-0.3, -0.25) is 9.36 Å². The van der Waals surface area contributed by atoms with Gasteiger partial charge in [0.15, 0.2) is 4.80 Å². The highest BCUT2D eigenvalue weighted by atomic mass is 35.5. The van der Waals surface area contributed by atoms with Gasteiger partial charge in [-0.25, -0.2) is 9.79 Å². The summed E-state index contributed by atoms with van der Waals surface area (Å²) in [5.74, 6) is 1.19. The summed E-state index contributed by atoms with van der Waals surface area (Å²) < 4.78 is 24.6. The molecule has 4 aromatic rings. The fourth-order valence-electron chi connectivity index (χ4n) is 4.55. The molecule has 0 aliphatic carbocycles. The molecule has 0 fully saturated rings. The van der Waals surface area contributed by atoms with E-state index in [0.717, 1.165) is 12.0 Å². The van der Waals surface area contributed by atoms with E-state index < -0.39 is 12.0 Å². The lowest BCUT2D eigenvalue weighted by Gasteiger charge is -2.26. The lowest BCUT2D eigenvalue weighted by molar-refractivity contribution is -0.140. The van der Waals surface area contributed by atoms with Crippen molar-refractivity contribution in [3.8, 4) is 17.1 Å². The van der Waals surface area contributed by atoms with E-state index in [1.54, 1.807) is 31.2 Å². The molecule has 0 amide bonds. The molecular formula is C31H29ClN2O6S. The van der Waals surface area contributed by atoms with Crippen molar-refractivity contribution in [3.05, 3.63) is 108 Å². The van der Waals surface area contributed by atoms with Crippen LogP contribution < -0.4 is 19.6 Å². The number of nitrogens with zero attached hydrogens (tertiary/aromatic N) is 2. The van der Waals surface area contributed by atoms with E-state index in [-0.39, 0.29) is 24.3 Å². The number of hydrogen-bond donors (Lipinski definition) is 0. The Labute approximate surface area is 245 Å². The fraction of sp³-hybridized carbons (Fsp3) is 0.258. The van der Waals surface area contributed by atoms with E-state index in [1.807, 2.05) is 49.4 Å². The van der Waals surface area contributed by atoms with Crippen LogP contribution in [0.3, 0.4) is 0 Å². The number of allylic oxidation sites excluding steroid dienone is 1. The first kappa shape index (κ1) is 28.6. The SMILES string of the molecule is CCCOc1ccccc1[C@@H]1C(C(=O)OCCOC)=C(C)N=c2s/c(=C/c3ccc(-c4ccc(Cl)cc4)o3)c(=O)n21. The minimum Gasteiger partial charge on any atom is -0.493 e. The van der Waals surface area contributed by atoms with Gasteiger partial charge in [0.05, 0.1) is 29.0 Å². The number of benzene rings is 2. The number of carbonyl (C=O) groups is 1. The first-order valence-corrected chi connectivity index (χ1v) is 14.4. The Kier molecular flexibility index (Phi) is 8.87. The van der Waals surface area contributed by atoms with Crippen LogP contribution in [0.25, 0.3) is 17.4 Å². The number of rotatable bonds is 10. The Morgan fingerprint density at radius 2 is 1.88 bits per heavy atom. The lowest BCUT2D eigenvalue weighted by atomic mass is 9.95. The summed E-state index contributed by atoms with van der Waals surface area (Å²) in [5, 5.41) is 0.634. The van der Waals surface area contributed by atoms with Crippen molar-refractivity contribution in [1.29, 1.82) is 0 Å². The number of esters is 1. The maximum Gasteiger partial charge on any atom is 0.338 e. The summed E-state index contributed by atoms with van der Waals surface area (Å²) in [5.41, 5.74) is 1.98. The molecule has 0 N–H and O–H groups in total. The average Bonchev–Trinajstić information content (AvgIpc) is 3.56. The van der Waals surface area contributed by atoms with Crippen molar-refractivity contribution >= 4 is 35.0 Å². The van der Waals surface area contributed by atoms with Gasteiger partial charge in [-0.1, -0.05) is 48.1 Å². The standard InChI is InChI=1S/C31H29ClN2O6S/c1-4-15-38-25-8-6-5-7-23(25)28-27(30(36)39-17-16-37-3)19(2)33-31-34(28)29(35)26(41-31)18-22-13-14-24(40-22)20-9-11-21(32)12-10-20/h5-14,18,28H,4,15-17H2,1-3H3/b26-18+/t28-/m1/s1. The Hall–Kier alpha value is -3.92. The van der Waals surface area contributed by atoms with E-state index in [9.17, 15) is 9.59 Å². The van der Waals surface area contributed by atoms with Crippen LogP contribution in [-0.4, -0.2) is 37.5 Å². The molecule has 0 saturated heterocycles. The highest BCUT2D eigenvalue weighted by Crippen LogP contribution is 2.36. The van der Waals surface area contributed by atoms with Gasteiger partial charge in [0.25, 0.3) is 5.56 Å². The van der Waals surface area contributed by atoms with Gasteiger partial charge in [-0.15, -0.1) is 0 Å². The molecule has 10 heteroatoms. The van der Waals surface area contributed by atoms with Crippen LogP contribution in [0.4, 0.5) is 0 Å². The number of fused-ring (bicyclic) bond motifs is 1. The first-order chi connectivity index (χ1) is 19.9. The summed E-state index contributed by atoms with van der Waals surface area (Å²) in [6, 6.07) is 17.6. The van der Waals surface area contributed by atoms with Crippen LogP contribution in [0.2, 0.25) is 5.02 Å². The topological polar surface area (TPSA) is 92.3 Å². The second-order valence-corrected chi connectivity index (χ2v) is 10.8. The van der Waals surface area contributed by atoms with Crippen molar-refractivity contribution in [2.75, 3.05) is 26.9 Å². The third-order valence-corrected chi connectivity index (χ3v) is 7.70. The normalized spacial score (nSPS) is 15.0. The van der Waals surface area contributed by atoms with E-state index >= 15 is 0 Å². The molecule has 0 saturated carbocycles. The van der Waals surface area contributed by atoms with Crippen LogP contribution in [0, 0.1) is 0 Å². The summed E-state index contributed by atoms with van der Waals surface area (Å²) in [4.78, 5) is 32.5. The molecule has 0 bridgehead atoms. The molecule has 1 atom stereocenters. The fourth-order valence-corrected chi connectivity index (χ4v) is 5.70. The van der Waals surface area contributed by atoms with E-state index in [2.05, 4.69) is 4.99 Å². The molecule has 0 unspecified atom stereocenters. The van der Waals surface area contributed by atoms with Gasteiger partial charge >= 0.3 is 5.97 Å². The number of thiazole rings is 1. The zero-order valence-corrected chi connectivity index (χ0v) is 24.5. The largest absolute Gasteiger partial charge is 0.493 e. The van der Waals surface area contributed by atoms with Crippen molar-refractivity contribution in [1.82, 2.24) is 4.57 Å². The number of halogens is 1. The van der Waals surface area contributed by atoms with Crippen molar-refractivity contribution in [3.63, 3.8) is 0 Å². The summed E-state index contributed by atoms with van der Waals surface area (Å²) >= 11 is 7.24. The summed E-state index contributed by atoms with van der Waals surface area (Å²) in [6.45, 7) is 4.58. The Bertz CT molecular complexity index is 1770. The Morgan fingerprint density at radius 3 is 2.63 bits per heavy atom. The van der Waals surface area contributed by atoms with E-state index in [1.165, 1.54) is 23.0 Å². The molecule has 1 aliphatic rings. The maximum atomic E-state index is 14.0. The van der Waals surface area contributed by atoms with Crippen LogP contribution in [0.15, 0.2) is 86.1 Å². The van der Waals surface area contributed by atoms with E-state index in [4.69, 9.17) is 30.2 Å². The Morgan fingerprint density at radius 1 is 1.10 bits per heavy atom. The molecule has 3 heterocycles. The zero-order valence-electron chi connectivity index (χ0n) is 22.9. The molecule has 8 nitrogen and oxygen atoms in total. The molecule has 1 aliphatic heterocycles. The van der Waals surface area contributed by atoms with Crippen molar-refractivity contribution in [2.45, 2.75) is 26.3 Å². The quantitative estimate of drug-likeness (QED) is 0.187. The molecule has 5 rings (SSSR count). The second-order valence-electron chi connectivity index (χ2n) is 9.31. The average molecular weight is 593 g/mol. The molecule has 0 radical (unpaired) electrons. The molecule has 2 aromatic carbocycles. The molecule has 212 valence electrons. The number of aromatic nitrogens is 1. The second kappa shape index (κ2) is 12.7. The molecular weight excluding hydrogens is 564 g/mol. The predicted octanol–water partition coefficient (Wildman–Crippen LogP) is 5.13. The third kappa shape index (κ3) is 6.07. The summed E-state index contributed by atoms with van der Waals surface area (Å²) in [6.07, 6.45) is 2.49. The van der Waals surface area contributed by atoms with Gasteiger partial charge in [-0.2, -0.15) is 0 Å². The zero-order chi connectivity index (χ0) is 28.9. The highest BCUT2D eigenvalue weighted by Gasteiger charge is 2.35. The lowest BCUT2D eigenvalue weighted by Crippen LogP contribution is -2.40. The van der Waals surface area contributed by atoms with Crippen LogP contribution in [0.5, 0.6) is 5.75 Å². The first-order valence-electron chi connectivity index (χ1n) is 13.2. The van der Waals surface area contributed by atoms with Crippen LogP contribution in [0.1, 0.15) is 37.6 Å². The monoisotopic (exact) mass is 592 g/mol. The maximum absolute atomic E-state index is 14.0. The number of furan rings is 1. The number of methoxy groups -OCH3 is 1. The van der Waals surface area contributed by atoms with Crippen LogP contribution in [-0.2, 0) is 14.3 Å². The van der Waals surface area contributed by atoms with Gasteiger partial charge in [0, 0.05) is 29.3 Å². The van der Waals surface area contributed by atoms with Gasteiger partial charge in [0.2, 0.25) is 0 Å². The smallest absolute Gasteiger partial charge is 0.338 e. The Balaban J connectivity index is 1.62. The third-order valence-electron chi connectivity index (χ3n) is 6.47. The minimum atomic E-state index is -0.794. The number of ether oxygens (including phenoxy) is 3. The van der Waals surface area contributed by atoms with Gasteiger partial charge in [0.1, 0.15) is 29.9 Å². The summed E-state index contributed by atoms with van der Waals surface area (Å²) in [7, 11) is 1.53. The highest BCUT2D eigenvalue weighted by molar-refractivity contribution is 7.07. The predicted molar refractivity (Wildman–Crippen MR) is 158 cm³/mol. The molecule has 41 heavy (non-hydrogen) atoms. The van der Waals surface area contributed by atoms with Gasteiger partial charge < -0.3 is 18.6 Å². The van der Waals surface area contributed by atoms with E-state index in [0.29, 0.717) is 49.5 Å². The number of para-hydroxylation sites is 1. The van der Waals surface area contributed by atoms with Gasteiger partial charge in [-0.05, 0) is 55.8 Å². The van der Waals surface area contributed by atoms with Crippen LogP contribution >= 0.6 is 22.9 Å². The molecule has 2 aromatic heterocycles. The minimum absolute atomic E-state index is 0.0751. The number of hydrogen-bond acceptors (Lipinski definition) is 8.